The second-order valence-corrected chi connectivity index (χ2v) is 6.23. The van der Waals surface area contributed by atoms with Gasteiger partial charge in [0.1, 0.15) is 19.0 Å². The van der Waals surface area contributed by atoms with E-state index in [1.807, 2.05) is 6.07 Å². The average molecular weight is 373 g/mol. The molecular weight excluding hydrogens is 353 g/mol. The Kier molecular flexibility index (Phi) is 5.59. The standard InChI is InChI=1S/C20H20FNO5/c1-12-3-4-15(9-16(12)21)20(24)27-11-19(23)22-13(2)14-5-6-17-18(10-14)26-8-7-25-17/h3-6,9-10,13H,7-8,11H2,1-2H3,(H,22,23)/t13-/m0/s1. The molecule has 0 spiro atoms. The Labute approximate surface area is 156 Å². The first-order chi connectivity index (χ1) is 12.9. The first-order valence-corrected chi connectivity index (χ1v) is 8.56. The van der Waals surface area contributed by atoms with Crippen molar-refractivity contribution in [3.8, 4) is 11.5 Å². The fourth-order valence-corrected chi connectivity index (χ4v) is 2.63. The minimum atomic E-state index is -0.754. The Hall–Kier alpha value is -3.09. The van der Waals surface area contributed by atoms with Crippen LogP contribution in [0.5, 0.6) is 11.5 Å². The molecule has 0 saturated carbocycles. The van der Waals surface area contributed by atoms with E-state index in [0.29, 0.717) is 30.3 Å². The van der Waals surface area contributed by atoms with Crippen molar-refractivity contribution in [2.75, 3.05) is 19.8 Å². The van der Waals surface area contributed by atoms with Crippen molar-refractivity contribution in [1.29, 1.82) is 0 Å². The van der Waals surface area contributed by atoms with E-state index in [1.165, 1.54) is 12.1 Å². The molecule has 3 rings (SSSR count). The number of halogens is 1. The summed E-state index contributed by atoms with van der Waals surface area (Å²) in [4.78, 5) is 24.0. The van der Waals surface area contributed by atoms with E-state index in [1.54, 1.807) is 26.0 Å². The number of ether oxygens (including phenoxy) is 3. The first-order valence-electron chi connectivity index (χ1n) is 8.56. The minimum Gasteiger partial charge on any atom is -0.486 e. The number of carbonyl (C=O) groups is 2. The maximum atomic E-state index is 13.5. The normalized spacial score (nSPS) is 13.6. The Bertz CT molecular complexity index is 867. The predicted molar refractivity (Wildman–Crippen MR) is 95.4 cm³/mol. The van der Waals surface area contributed by atoms with Gasteiger partial charge >= 0.3 is 5.97 Å². The number of carbonyl (C=O) groups excluding carboxylic acids is 2. The SMILES string of the molecule is Cc1ccc(C(=O)OCC(=O)N[C@@H](C)c2ccc3c(c2)OCCO3)cc1F. The van der Waals surface area contributed by atoms with E-state index in [4.69, 9.17) is 14.2 Å². The van der Waals surface area contributed by atoms with Crippen LogP contribution in [0.4, 0.5) is 4.39 Å². The number of amides is 1. The number of hydrogen-bond donors (Lipinski definition) is 1. The summed E-state index contributed by atoms with van der Waals surface area (Å²) in [5, 5.41) is 2.74. The lowest BCUT2D eigenvalue weighted by molar-refractivity contribution is -0.124. The number of fused-ring (bicyclic) bond motifs is 1. The largest absolute Gasteiger partial charge is 0.486 e. The second kappa shape index (κ2) is 8.07. The molecule has 2 aromatic rings. The first kappa shape index (κ1) is 18.7. The third-order valence-corrected chi connectivity index (χ3v) is 4.19. The molecule has 0 saturated heterocycles. The lowest BCUT2D eigenvalue weighted by Crippen LogP contribution is -2.31. The van der Waals surface area contributed by atoms with Crippen molar-refractivity contribution in [2.24, 2.45) is 0 Å². The van der Waals surface area contributed by atoms with Gasteiger partial charge in [-0.2, -0.15) is 0 Å². The van der Waals surface area contributed by atoms with Gasteiger partial charge in [0.15, 0.2) is 18.1 Å². The van der Waals surface area contributed by atoms with Gasteiger partial charge in [0.05, 0.1) is 11.6 Å². The predicted octanol–water partition coefficient (Wildman–Crippen LogP) is 2.94. The number of hydrogen-bond acceptors (Lipinski definition) is 5. The highest BCUT2D eigenvalue weighted by Crippen LogP contribution is 2.32. The number of benzene rings is 2. The van der Waals surface area contributed by atoms with Gasteiger partial charge in [-0.3, -0.25) is 4.79 Å². The quantitative estimate of drug-likeness (QED) is 0.816. The van der Waals surface area contributed by atoms with Crippen LogP contribution in [0.2, 0.25) is 0 Å². The molecule has 0 aliphatic carbocycles. The van der Waals surface area contributed by atoms with Gasteiger partial charge < -0.3 is 19.5 Å². The van der Waals surface area contributed by atoms with E-state index >= 15 is 0 Å². The van der Waals surface area contributed by atoms with E-state index in [2.05, 4.69) is 5.32 Å². The zero-order valence-corrected chi connectivity index (χ0v) is 15.1. The lowest BCUT2D eigenvalue weighted by Gasteiger charge is -2.21. The van der Waals surface area contributed by atoms with Gasteiger partial charge in [0.2, 0.25) is 0 Å². The molecule has 1 aliphatic heterocycles. The Morgan fingerprint density at radius 1 is 1.15 bits per heavy atom. The lowest BCUT2D eigenvalue weighted by atomic mass is 10.1. The number of esters is 1. The van der Waals surface area contributed by atoms with Crippen LogP contribution in [0.1, 0.15) is 34.5 Å². The summed E-state index contributed by atoms with van der Waals surface area (Å²) in [6, 6.07) is 9.14. The summed E-state index contributed by atoms with van der Waals surface area (Å²) in [6.07, 6.45) is 0. The highest BCUT2D eigenvalue weighted by molar-refractivity contribution is 5.91. The van der Waals surface area contributed by atoms with Crippen molar-refractivity contribution in [2.45, 2.75) is 19.9 Å². The molecule has 0 aromatic heterocycles. The van der Waals surface area contributed by atoms with Crippen LogP contribution in [0.3, 0.4) is 0 Å². The molecule has 0 bridgehead atoms. The third kappa shape index (κ3) is 4.55. The summed E-state index contributed by atoms with van der Waals surface area (Å²) in [6.45, 7) is 3.93. The number of aryl methyl sites for hydroxylation is 1. The highest BCUT2D eigenvalue weighted by atomic mass is 19.1. The van der Waals surface area contributed by atoms with Gasteiger partial charge in [-0.25, -0.2) is 9.18 Å². The third-order valence-electron chi connectivity index (χ3n) is 4.19. The molecule has 0 unspecified atom stereocenters. The summed E-state index contributed by atoms with van der Waals surface area (Å²) in [5.41, 5.74) is 1.32. The molecule has 1 amide bonds. The number of rotatable bonds is 5. The van der Waals surface area contributed by atoms with Crippen molar-refractivity contribution < 1.29 is 28.2 Å². The number of nitrogens with one attached hydrogen (secondary N) is 1. The second-order valence-electron chi connectivity index (χ2n) is 6.23. The molecule has 142 valence electrons. The topological polar surface area (TPSA) is 73.9 Å². The van der Waals surface area contributed by atoms with Crippen LogP contribution in [-0.2, 0) is 9.53 Å². The Balaban J connectivity index is 1.54. The molecule has 27 heavy (non-hydrogen) atoms. The van der Waals surface area contributed by atoms with Crippen molar-refractivity contribution >= 4 is 11.9 Å². The zero-order chi connectivity index (χ0) is 19.4. The molecule has 7 heteroatoms. The van der Waals surface area contributed by atoms with E-state index in [-0.39, 0.29) is 11.6 Å². The Morgan fingerprint density at radius 2 is 1.89 bits per heavy atom. The molecule has 2 aromatic carbocycles. The molecule has 6 nitrogen and oxygen atoms in total. The van der Waals surface area contributed by atoms with Crippen LogP contribution in [-0.4, -0.2) is 31.7 Å². The Morgan fingerprint density at radius 3 is 2.63 bits per heavy atom. The van der Waals surface area contributed by atoms with E-state index in [0.717, 1.165) is 11.6 Å². The van der Waals surface area contributed by atoms with Gasteiger partial charge in [0.25, 0.3) is 5.91 Å². The van der Waals surface area contributed by atoms with E-state index < -0.39 is 24.3 Å². The average Bonchev–Trinajstić information content (AvgIpc) is 2.67. The highest BCUT2D eigenvalue weighted by Gasteiger charge is 2.17. The molecule has 1 atom stereocenters. The molecule has 1 N–H and O–H groups in total. The summed E-state index contributed by atoms with van der Waals surface area (Å²) in [5.74, 6) is -0.411. The summed E-state index contributed by atoms with van der Waals surface area (Å²) in [7, 11) is 0. The summed E-state index contributed by atoms with van der Waals surface area (Å²) < 4.78 is 29.5. The van der Waals surface area contributed by atoms with Crippen molar-refractivity contribution in [1.82, 2.24) is 5.32 Å². The van der Waals surface area contributed by atoms with Crippen LogP contribution in [0, 0.1) is 12.7 Å². The molecule has 1 aliphatic rings. The fourth-order valence-electron chi connectivity index (χ4n) is 2.63. The molecule has 0 fully saturated rings. The van der Waals surface area contributed by atoms with Crippen LogP contribution >= 0.6 is 0 Å². The minimum absolute atomic E-state index is 0.0609. The van der Waals surface area contributed by atoms with Gasteiger partial charge in [-0.15, -0.1) is 0 Å². The maximum Gasteiger partial charge on any atom is 0.338 e. The zero-order valence-electron chi connectivity index (χ0n) is 15.1. The maximum absolute atomic E-state index is 13.5. The summed E-state index contributed by atoms with van der Waals surface area (Å²) >= 11 is 0. The van der Waals surface area contributed by atoms with Crippen molar-refractivity contribution in [3.63, 3.8) is 0 Å². The van der Waals surface area contributed by atoms with Crippen LogP contribution in [0.25, 0.3) is 0 Å². The smallest absolute Gasteiger partial charge is 0.338 e. The van der Waals surface area contributed by atoms with Gasteiger partial charge in [-0.1, -0.05) is 12.1 Å². The molecule has 1 heterocycles. The van der Waals surface area contributed by atoms with Crippen LogP contribution < -0.4 is 14.8 Å². The molecule has 0 radical (unpaired) electrons. The molecular formula is C20H20FNO5. The van der Waals surface area contributed by atoms with Crippen molar-refractivity contribution in [3.05, 3.63) is 58.9 Å². The van der Waals surface area contributed by atoms with Gasteiger partial charge in [-0.05, 0) is 49.2 Å². The fraction of sp³-hybridized carbons (Fsp3) is 0.300. The monoisotopic (exact) mass is 373 g/mol. The van der Waals surface area contributed by atoms with Crippen LogP contribution in [0.15, 0.2) is 36.4 Å². The van der Waals surface area contributed by atoms with Gasteiger partial charge in [0, 0.05) is 0 Å². The van der Waals surface area contributed by atoms with E-state index in [9.17, 15) is 14.0 Å².